The van der Waals surface area contributed by atoms with E-state index >= 15 is 0 Å². The topological polar surface area (TPSA) is 61.6 Å². The minimum absolute atomic E-state index is 0.155. The van der Waals surface area contributed by atoms with Gasteiger partial charge in [-0.25, -0.2) is 4.79 Å². The van der Waals surface area contributed by atoms with Gasteiger partial charge in [0.15, 0.2) is 0 Å². The molecule has 1 aromatic heterocycles. The smallest absolute Gasteiger partial charge is 0.317 e. The Morgan fingerprint density at radius 1 is 1.28 bits per heavy atom. The lowest BCUT2D eigenvalue weighted by Crippen LogP contribution is -2.48. The van der Waals surface area contributed by atoms with Gasteiger partial charge in [-0.2, -0.15) is 11.3 Å². The van der Waals surface area contributed by atoms with Crippen LogP contribution in [0.25, 0.3) is 0 Å². The third-order valence-electron chi connectivity index (χ3n) is 5.53. The average molecular weight is 365 g/mol. The molecule has 140 valence electrons. The Labute approximate surface area is 155 Å². The number of nitrogens with one attached hydrogen (secondary N) is 1. The van der Waals surface area contributed by atoms with E-state index in [9.17, 15) is 4.79 Å². The predicted molar refractivity (Wildman–Crippen MR) is 104 cm³/mol. The number of carbonyl (C=O) groups is 1. The van der Waals surface area contributed by atoms with Gasteiger partial charge >= 0.3 is 6.03 Å². The summed E-state index contributed by atoms with van der Waals surface area (Å²) in [5.74, 6) is 0.667. The van der Waals surface area contributed by atoms with E-state index < -0.39 is 0 Å². The van der Waals surface area contributed by atoms with Gasteiger partial charge in [0, 0.05) is 45.3 Å². The van der Waals surface area contributed by atoms with Crippen LogP contribution in [-0.2, 0) is 6.54 Å². The van der Waals surface area contributed by atoms with E-state index in [1.807, 2.05) is 4.90 Å². The van der Waals surface area contributed by atoms with Crippen LogP contribution in [0.15, 0.2) is 16.8 Å². The molecular formula is C19H32N4OS. The second-order valence-electron chi connectivity index (χ2n) is 7.52. The highest BCUT2D eigenvalue weighted by atomic mass is 32.1. The maximum atomic E-state index is 12.4. The fourth-order valence-electron chi connectivity index (χ4n) is 4.08. The molecule has 2 fully saturated rings. The molecule has 0 aromatic carbocycles. The number of carbonyl (C=O) groups excluding carboxylic acids is 1. The van der Waals surface area contributed by atoms with Crippen LogP contribution in [0.3, 0.4) is 0 Å². The molecule has 1 saturated carbocycles. The molecular weight excluding hydrogens is 332 g/mol. The van der Waals surface area contributed by atoms with E-state index in [1.54, 1.807) is 11.3 Å². The number of piperidine rings is 1. The second kappa shape index (κ2) is 9.55. The third-order valence-corrected chi connectivity index (χ3v) is 6.26. The van der Waals surface area contributed by atoms with Gasteiger partial charge in [0.05, 0.1) is 0 Å². The first-order valence-electron chi connectivity index (χ1n) is 9.73. The Morgan fingerprint density at radius 3 is 2.68 bits per heavy atom. The fraction of sp³-hybridized carbons (Fsp3) is 0.737. The molecule has 5 nitrogen and oxygen atoms in total. The van der Waals surface area contributed by atoms with Crippen LogP contribution in [0.5, 0.6) is 0 Å². The summed E-state index contributed by atoms with van der Waals surface area (Å²) in [5, 5.41) is 7.57. The van der Waals surface area contributed by atoms with Gasteiger partial charge in [-0.3, -0.25) is 4.90 Å². The molecule has 0 atom stereocenters. The molecule has 0 spiro atoms. The number of thiophene rings is 1. The van der Waals surface area contributed by atoms with Gasteiger partial charge < -0.3 is 16.0 Å². The van der Waals surface area contributed by atoms with Gasteiger partial charge in [-0.1, -0.05) is 12.8 Å². The molecule has 25 heavy (non-hydrogen) atoms. The first kappa shape index (κ1) is 18.7. The van der Waals surface area contributed by atoms with Crippen LogP contribution in [0.4, 0.5) is 4.79 Å². The molecule has 1 aliphatic heterocycles. The van der Waals surface area contributed by atoms with E-state index in [0.717, 1.165) is 58.4 Å². The van der Waals surface area contributed by atoms with Gasteiger partial charge in [0.1, 0.15) is 0 Å². The summed E-state index contributed by atoms with van der Waals surface area (Å²) < 4.78 is 0. The molecule has 0 bridgehead atoms. The Kier molecular flexibility index (Phi) is 7.13. The fourth-order valence-corrected chi connectivity index (χ4v) is 4.74. The summed E-state index contributed by atoms with van der Waals surface area (Å²) in [6.45, 7) is 5.50. The van der Waals surface area contributed by atoms with Crippen molar-refractivity contribution in [1.82, 2.24) is 15.1 Å². The van der Waals surface area contributed by atoms with Crippen molar-refractivity contribution in [2.75, 3.05) is 32.7 Å². The molecule has 2 aliphatic rings. The monoisotopic (exact) mass is 364 g/mol. The number of rotatable bonds is 7. The number of hydrogen-bond donors (Lipinski definition) is 2. The van der Waals surface area contributed by atoms with Crippen LogP contribution in [0.1, 0.15) is 44.1 Å². The first-order valence-corrected chi connectivity index (χ1v) is 10.7. The minimum Gasteiger partial charge on any atom is -0.335 e. The lowest BCUT2D eigenvalue weighted by molar-refractivity contribution is 0.143. The van der Waals surface area contributed by atoms with Crippen LogP contribution in [-0.4, -0.2) is 54.6 Å². The van der Waals surface area contributed by atoms with E-state index in [-0.39, 0.29) is 6.03 Å². The van der Waals surface area contributed by atoms with Gasteiger partial charge in [0.2, 0.25) is 0 Å². The second-order valence-corrected chi connectivity index (χ2v) is 8.30. The highest BCUT2D eigenvalue weighted by molar-refractivity contribution is 7.07. The normalized spacial score (nSPS) is 19.7. The summed E-state index contributed by atoms with van der Waals surface area (Å²) in [7, 11) is 0. The zero-order chi connectivity index (χ0) is 17.5. The van der Waals surface area contributed by atoms with Crippen LogP contribution in [0.2, 0.25) is 0 Å². The molecule has 2 heterocycles. The van der Waals surface area contributed by atoms with Gasteiger partial charge in [-0.05, 0) is 54.0 Å². The number of hydrogen-bond acceptors (Lipinski definition) is 4. The molecule has 3 N–H and O–H groups in total. The van der Waals surface area contributed by atoms with Crippen molar-refractivity contribution < 1.29 is 4.79 Å². The number of urea groups is 1. The van der Waals surface area contributed by atoms with Crippen LogP contribution >= 0.6 is 11.3 Å². The number of amides is 2. The third kappa shape index (κ3) is 5.69. The maximum Gasteiger partial charge on any atom is 0.317 e. The summed E-state index contributed by atoms with van der Waals surface area (Å²) in [6.07, 6.45) is 7.02. The standard InChI is InChI=1S/C19H32N4OS/c20-8-11-22(14-17-7-12-25-15-17)13-16-5-9-23(10-6-16)19(24)21-18-3-1-2-4-18/h7,12,15-16,18H,1-6,8-11,13-14,20H2,(H,21,24). The Bertz CT molecular complexity index is 508. The zero-order valence-electron chi connectivity index (χ0n) is 15.2. The molecule has 1 aromatic rings. The van der Waals surface area contributed by atoms with Crippen molar-refractivity contribution in [3.05, 3.63) is 22.4 Å². The molecule has 1 aliphatic carbocycles. The molecule has 3 rings (SSSR count). The zero-order valence-corrected chi connectivity index (χ0v) is 16.0. The van der Waals surface area contributed by atoms with Gasteiger partial charge in [0.25, 0.3) is 0 Å². The van der Waals surface area contributed by atoms with Crippen molar-refractivity contribution in [2.24, 2.45) is 11.7 Å². The average Bonchev–Trinajstić information content (AvgIpc) is 3.30. The number of nitrogens with two attached hydrogens (primary N) is 1. The Morgan fingerprint density at radius 2 is 2.04 bits per heavy atom. The molecule has 0 radical (unpaired) electrons. The van der Waals surface area contributed by atoms with E-state index in [2.05, 4.69) is 27.0 Å². The first-order chi connectivity index (χ1) is 12.2. The lowest BCUT2D eigenvalue weighted by Gasteiger charge is -2.35. The van der Waals surface area contributed by atoms with Crippen LogP contribution < -0.4 is 11.1 Å². The number of likely N-dealkylation sites (tertiary alicyclic amines) is 1. The van der Waals surface area contributed by atoms with Crippen molar-refractivity contribution >= 4 is 17.4 Å². The van der Waals surface area contributed by atoms with E-state index in [1.165, 1.54) is 18.4 Å². The largest absolute Gasteiger partial charge is 0.335 e. The highest BCUT2D eigenvalue weighted by Gasteiger charge is 2.26. The van der Waals surface area contributed by atoms with Crippen molar-refractivity contribution in [3.63, 3.8) is 0 Å². The molecule has 2 amide bonds. The lowest BCUT2D eigenvalue weighted by atomic mass is 9.96. The molecule has 6 heteroatoms. The summed E-state index contributed by atoms with van der Waals surface area (Å²) >= 11 is 1.75. The van der Waals surface area contributed by atoms with Crippen molar-refractivity contribution in [2.45, 2.75) is 51.1 Å². The van der Waals surface area contributed by atoms with Gasteiger partial charge in [-0.15, -0.1) is 0 Å². The Hall–Kier alpha value is -1.11. The Balaban J connectivity index is 1.41. The quantitative estimate of drug-likeness (QED) is 0.782. The molecule has 1 saturated heterocycles. The number of nitrogens with zero attached hydrogens (tertiary/aromatic N) is 2. The van der Waals surface area contributed by atoms with Crippen LogP contribution in [0, 0.1) is 5.92 Å². The SMILES string of the molecule is NCCN(Cc1ccsc1)CC1CCN(C(=O)NC2CCCC2)CC1. The van der Waals surface area contributed by atoms with E-state index in [4.69, 9.17) is 5.73 Å². The summed E-state index contributed by atoms with van der Waals surface area (Å²) in [5.41, 5.74) is 7.18. The highest BCUT2D eigenvalue weighted by Crippen LogP contribution is 2.21. The summed E-state index contributed by atoms with van der Waals surface area (Å²) in [4.78, 5) is 16.9. The minimum atomic E-state index is 0.155. The maximum absolute atomic E-state index is 12.4. The van der Waals surface area contributed by atoms with E-state index in [0.29, 0.717) is 18.5 Å². The molecule has 0 unspecified atom stereocenters. The van der Waals surface area contributed by atoms with Crippen molar-refractivity contribution in [3.8, 4) is 0 Å². The van der Waals surface area contributed by atoms with Crippen molar-refractivity contribution in [1.29, 1.82) is 0 Å². The summed E-state index contributed by atoms with van der Waals surface area (Å²) in [6, 6.07) is 2.77. The predicted octanol–water partition coefficient (Wildman–Crippen LogP) is 2.87.